The smallest absolute Gasteiger partial charge is 0.376 e. The van der Waals surface area contributed by atoms with E-state index in [1.54, 1.807) is 21.3 Å². The van der Waals surface area contributed by atoms with Crippen LogP contribution in [0.5, 0.6) is 0 Å². The Bertz CT molecular complexity index is 150. The van der Waals surface area contributed by atoms with Gasteiger partial charge in [0.1, 0.15) is 0 Å². The summed E-state index contributed by atoms with van der Waals surface area (Å²) < 4.78 is 15.6. The van der Waals surface area contributed by atoms with Crippen LogP contribution in [0.25, 0.3) is 0 Å². The zero-order chi connectivity index (χ0) is 9.78. The summed E-state index contributed by atoms with van der Waals surface area (Å²) in [6.07, 6.45) is 0. The van der Waals surface area contributed by atoms with Gasteiger partial charge in [0.05, 0.1) is 5.54 Å². The minimum Gasteiger partial charge on any atom is -0.376 e. The fourth-order valence-corrected chi connectivity index (χ4v) is 3.32. The molecule has 0 aromatic heterocycles. The van der Waals surface area contributed by atoms with Gasteiger partial charge in [-0.15, -0.1) is 0 Å². The molecule has 0 saturated heterocycles. The third-order valence-corrected chi connectivity index (χ3v) is 5.48. The van der Waals surface area contributed by atoms with Crippen LogP contribution in [0.1, 0.15) is 6.92 Å². The molecule has 0 aliphatic carbocycles. The molecule has 0 amide bonds. The molecule has 0 heterocycles. The Morgan fingerprint density at radius 3 is 1.67 bits per heavy atom. The van der Waals surface area contributed by atoms with Crippen molar-refractivity contribution in [3.05, 3.63) is 11.6 Å². The lowest BCUT2D eigenvalue weighted by atomic mass is 10.5. The molecule has 0 N–H and O–H groups in total. The van der Waals surface area contributed by atoms with Crippen molar-refractivity contribution in [3.8, 4) is 0 Å². The third kappa shape index (κ3) is 2.31. The van der Waals surface area contributed by atoms with Crippen LogP contribution in [0, 0.1) is 0 Å². The molecule has 0 bridgehead atoms. The SMILES string of the molecule is C=C(Cl)C(C)[Si](OC)(OC)OC. The van der Waals surface area contributed by atoms with Crippen molar-refractivity contribution < 1.29 is 13.3 Å². The second-order valence-electron chi connectivity index (χ2n) is 2.38. The zero-order valence-electron chi connectivity index (χ0n) is 7.89. The fraction of sp³-hybridized carbons (Fsp3) is 0.714. The van der Waals surface area contributed by atoms with E-state index in [9.17, 15) is 0 Å². The van der Waals surface area contributed by atoms with E-state index < -0.39 is 8.80 Å². The minimum absolute atomic E-state index is 0.0980. The van der Waals surface area contributed by atoms with Gasteiger partial charge in [0.2, 0.25) is 0 Å². The molecule has 0 radical (unpaired) electrons. The van der Waals surface area contributed by atoms with E-state index in [1.807, 2.05) is 6.92 Å². The van der Waals surface area contributed by atoms with Crippen molar-refractivity contribution in [3.63, 3.8) is 0 Å². The molecule has 0 saturated carbocycles. The summed E-state index contributed by atoms with van der Waals surface area (Å²) in [6.45, 7) is 5.50. The molecule has 0 aromatic rings. The van der Waals surface area contributed by atoms with Gasteiger partial charge in [-0.1, -0.05) is 25.1 Å². The largest absolute Gasteiger partial charge is 0.508 e. The van der Waals surface area contributed by atoms with Crippen LogP contribution in [0.4, 0.5) is 0 Å². The Labute approximate surface area is 79.6 Å². The standard InChI is InChI=1S/C7H15ClO3Si/c1-6(8)7(2)12(9-3,10-4)11-5/h7H,1H2,2-5H3. The normalized spacial score (nSPS) is 14.4. The highest BCUT2D eigenvalue weighted by molar-refractivity contribution is 6.64. The Morgan fingerprint density at radius 2 is 1.58 bits per heavy atom. The summed E-state index contributed by atoms with van der Waals surface area (Å²) in [5.41, 5.74) is -0.0980. The summed E-state index contributed by atoms with van der Waals surface area (Å²) >= 11 is 5.75. The first kappa shape index (κ1) is 12.1. The number of halogens is 1. The first-order valence-electron chi connectivity index (χ1n) is 3.53. The van der Waals surface area contributed by atoms with Gasteiger partial charge < -0.3 is 13.3 Å². The zero-order valence-corrected chi connectivity index (χ0v) is 9.64. The van der Waals surface area contributed by atoms with Crippen molar-refractivity contribution in [2.24, 2.45) is 0 Å². The molecule has 5 heteroatoms. The van der Waals surface area contributed by atoms with Crippen LogP contribution in [-0.4, -0.2) is 30.1 Å². The molecule has 0 fully saturated rings. The molecule has 1 unspecified atom stereocenters. The topological polar surface area (TPSA) is 27.7 Å². The Balaban J connectivity index is 4.58. The van der Waals surface area contributed by atoms with Crippen LogP contribution in [0.3, 0.4) is 0 Å². The molecule has 0 spiro atoms. The predicted octanol–water partition coefficient (Wildman–Crippen LogP) is 2.01. The molecule has 0 rings (SSSR count). The Morgan fingerprint density at radius 1 is 1.25 bits per heavy atom. The van der Waals surface area contributed by atoms with Crippen molar-refractivity contribution in [2.45, 2.75) is 12.5 Å². The van der Waals surface area contributed by atoms with Crippen LogP contribution in [0.2, 0.25) is 5.54 Å². The van der Waals surface area contributed by atoms with Gasteiger partial charge in [-0.05, 0) is 0 Å². The van der Waals surface area contributed by atoms with Gasteiger partial charge in [-0.3, -0.25) is 0 Å². The van der Waals surface area contributed by atoms with Crippen LogP contribution in [0.15, 0.2) is 11.6 Å². The second-order valence-corrected chi connectivity index (χ2v) is 6.17. The number of hydrogen-bond donors (Lipinski definition) is 0. The maximum absolute atomic E-state index is 5.75. The minimum atomic E-state index is -2.62. The third-order valence-electron chi connectivity index (χ3n) is 1.85. The molecule has 0 aliphatic rings. The fourth-order valence-electron chi connectivity index (χ4n) is 0.972. The highest BCUT2D eigenvalue weighted by Crippen LogP contribution is 2.31. The summed E-state index contributed by atoms with van der Waals surface area (Å²) in [5, 5.41) is 0.493. The van der Waals surface area contributed by atoms with Crippen molar-refractivity contribution in [1.29, 1.82) is 0 Å². The maximum Gasteiger partial charge on any atom is 0.508 e. The van der Waals surface area contributed by atoms with E-state index in [0.717, 1.165) is 0 Å². The lowest BCUT2D eigenvalue weighted by molar-refractivity contribution is 0.118. The van der Waals surface area contributed by atoms with Gasteiger partial charge in [-0.2, -0.15) is 0 Å². The van der Waals surface area contributed by atoms with Gasteiger partial charge in [0.15, 0.2) is 0 Å². The molecule has 0 aromatic carbocycles. The highest BCUT2D eigenvalue weighted by Gasteiger charge is 2.45. The average Bonchev–Trinajstić information content (AvgIpc) is 2.08. The molecule has 1 atom stereocenters. The van der Waals surface area contributed by atoms with Crippen LogP contribution in [-0.2, 0) is 13.3 Å². The lowest BCUT2D eigenvalue weighted by Gasteiger charge is -2.29. The molecule has 72 valence electrons. The monoisotopic (exact) mass is 210 g/mol. The molecule has 3 nitrogen and oxygen atoms in total. The van der Waals surface area contributed by atoms with E-state index in [1.165, 1.54) is 0 Å². The predicted molar refractivity (Wildman–Crippen MR) is 51.2 cm³/mol. The summed E-state index contributed by atoms with van der Waals surface area (Å²) in [5.74, 6) is 0. The Kier molecular flexibility index (Phi) is 5.04. The lowest BCUT2D eigenvalue weighted by Crippen LogP contribution is -2.46. The van der Waals surface area contributed by atoms with Crippen molar-refractivity contribution in [1.82, 2.24) is 0 Å². The molecular formula is C7H15ClO3Si. The molecule has 12 heavy (non-hydrogen) atoms. The van der Waals surface area contributed by atoms with Crippen LogP contribution >= 0.6 is 11.6 Å². The average molecular weight is 211 g/mol. The summed E-state index contributed by atoms with van der Waals surface area (Å²) in [4.78, 5) is 0. The number of rotatable bonds is 5. The molecule has 0 aliphatic heterocycles. The quantitative estimate of drug-likeness (QED) is 0.650. The number of allylic oxidation sites excluding steroid dienone is 1. The van der Waals surface area contributed by atoms with E-state index in [-0.39, 0.29) is 5.54 Å². The Hall–Kier alpha value is 0.127. The van der Waals surface area contributed by atoms with Gasteiger partial charge in [0.25, 0.3) is 0 Å². The summed E-state index contributed by atoms with van der Waals surface area (Å²) in [7, 11) is 2.04. The van der Waals surface area contributed by atoms with E-state index in [0.29, 0.717) is 5.03 Å². The van der Waals surface area contributed by atoms with Gasteiger partial charge >= 0.3 is 8.80 Å². The maximum atomic E-state index is 5.75. The summed E-state index contributed by atoms with van der Waals surface area (Å²) in [6, 6.07) is 0. The van der Waals surface area contributed by atoms with Crippen molar-refractivity contribution >= 4 is 20.4 Å². The first-order valence-corrected chi connectivity index (χ1v) is 5.71. The highest BCUT2D eigenvalue weighted by atomic mass is 35.5. The van der Waals surface area contributed by atoms with Crippen molar-refractivity contribution in [2.75, 3.05) is 21.3 Å². The molecular weight excluding hydrogens is 196 g/mol. The van der Waals surface area contributed by atoms with Gasteiger partial charge in [-0.25, -0.2) is 0 Å². The number of hydrogen-bond acceptors (Lipinski definition) is 3. The van der Waals surface area contributed by atoms with E-state index in [4.69, 9.17) is 24.9 Å². The van der Waals surface area contributed by atoms with Gasteiger partial charge in [0, 0.05) is 26.4 Å². The van der Waals surface area contributed by atoms with E-state index in [2.05, 4.69) is 6.58 Å². The second kappa shape index (κ2) is 4.99. The first-order chi connectivity index (χ1) is 5.54. The van der Waals surface area contributed by atoms with E-state index >= 15 is 0 Å². The van der Waals surface area contributed by atoms with Crippen LogP contribution < -0.4 is 0 Å².